The molecule has 0 bridgehead atoms. The van der Waals surface area contributed by atoms with Crippen molar-refractivity contribution in [2.24, 2.45) is 0 Å². The molecule has 0 amide bonds. The molecule has 1 N–H and O–H groups in total. The molecule has 1 rings (SSSR count). The average Bonchev–Trinajstić information content (AvgIpc) is 1.93. The Morgan fingerprint density at radius 2 is 2.10 bits per heavy atom. The summed E-state index contributed by atoms with van der Waals surface area (Å²) in [5.41, 5.74) is 2.21. The molecule has 10 heavy (non-hydrogen) atoms. The number of H-pyrrole nitrogens is 1. The maximum Gasteiger partial charge on any atom is 0.261 e. The smallest absolute Gasteiger partial charge is 0.261 e. The zero-order valence-corrected chi connectivity index (χ0v) is 8.02. The van der Waals surface area contributed by atoms with Crippen LogP contribution < -0.4 is 5.56 Å². The Hall–Kier alpha value is -0.320. The zero-order valence-electron chi connectivity index (χ0n) is 5.86. The fraction of sp³-hybridized carbons (Fsp3) is 0.286. The standard InChI is InChI=1S/C7H8INO/c1-4-3-9-7(10)6(8)5(4)2/h3H,1-2H3,(H,9,10). The van der Waals surface area contributed by atoms with E-state index in [1.807, 2.05) is 13.8 Å². The number of pyridine rings is 1. The lowest BCUT2D eigenvalue weighted by Crippen LogP contribution is -2.11. The Labute approximate surface area is 72.8 Å². The van der Waals surface area contributed by atoms with Crippen LogP contribution in [0.1, 0.15) is 11.1 Å². The third-order valence-corrected chi connectivity index (χ3v) is 2.84. The van der Waals surface area contributed by atoms with Crippen molar-refractivity contribution in [1.29, 1.82) is 0 Å². The van der Waals surface area contributed by atoms with Crippen molar-refractivity contribution in [3.8, 4) is 0 Å². The van der Waals surface area contributed by atoms with E-state index in [-0.39, 0.29) is 5.56 Å². The van der Waals surface area contributed by atoms with Gasteiger partial charge >= 0.3 is 0 Å². The summed E-state index contributed by atoms with van der Waals surface area (Å²) in [5.74, 6) is 0. The SMILES string of the molecule is Cc1c[nH]c(=O)c(I)c1C. The first-order valence-corrected chi connectivity index (χ1v) is 4.05. The van der Waals surface area contributed by atoms with Gasteiger partial charge in [-0.05, 0) is 47.6 Å². The lowest BCUT2D eigenvalue weighted by atomic mass is 10.2. The van der Waals surface area contributed by atoms with Crippen LogP contribution in [-0.2, 0) is 0 Å². The summed E-state index contributed by atoms with van der Waals surface area (Å²) < 4.78 is 0.789. The molecule has 2 nitrogen and oxygen atoms in total. The highest BCUT2D eigenvalue weighted by Crippen LogP contribution is 2.08. The second-order valence-corrected chi connectivity index (χ2v) is 3.32. The molecule has 0 atom stereocenters. The van der Waals surface area contributed by atoms with Crippen molar-refractivity contribution < 1.29 is 0 Å². The van der Waals surface area contributed by atoms with E-state index in [9.17, 15) is 4.79 Å². The van der Waals surface area contributed by atoms with Gasteiger partial charge in [-0.1, -0.05) is 0 Å². The van der Waals surface area contributed by atoms with Crippen LogP contribution in [0.5, 0.6) is 0 Å². The minimum absolute atomic E-state index is 0.00343. The number of nitrogens with one attached hydrogen (secondary N) is 1. The van der Waals surface area contributed by atoms with Gasteiger partial charge in [-0.15, -0.1) is 0 Å². The zero-order chi connectivity index (χ0) is 7.72. The highest BCUT2D eigenvalue weighted by molar-refractivity contribution is 14.1. The molecule has 1 heterocycles. The second-order valence-electron chi connectivity index (χ2n) is 2.24. The first-order valence-electron chi connectivity index (χ1n) is 2.97. The monoisotopic (exact) mass is 249 g/mol. The van der Waals surface area contributed by atoms with Gasteiger partial charge in [0.05, 0.1) is 3.57 Å². The van der Waals surface area contributed by atoms with Gasteiger partial charge in [0.25, 0.3) is 5.56 Å². The number of hydrogen-bond acceptors (Lipinski definition) is 1. The number of halogens is 1. The minimum Gasteiger partial charge on any atom is -0.328 e. The first kappa shape index (κ1) is 7.78. The minimum atomic E-state index is 0.00343. The summed E-state index contributed by atoms with van der Waals surface area (Å²) in [6, 6.07) is 0. The van der Waals surface area contributed by atoms with Crippen LogP contribution in [0.25, 0.3) is 0 Å². The molecule has 1 aromatic heterocycles. The van der Waals surface area contributed by atoms with Gasteiger partial charge in [0.1, 0.15) is 0 Å². The van der Waals surface area contributed by atoms with Crippen molar-refractivity contribution in [2.75, 3.05) is 0 Å². The fourth-order valence-electron chi connectivity index (χ4n) is 0.689. The normalized spacial score (nSPS) is 9.90. The molecular formula is C7H8INO. The van der Waals surface area contributed by atoms with Gasteiger partial charge < -0.3 is 4.98 Å². The number of aromatic amines is 1. The van der Waals surface area contributed by atoms with Crippen molar-refractivity contribution in [2.45, 2.75) is 13.8 Å². The molecule has 3 heteroatoms. The summed E-state index contributed by atoms with van der Waals surface area (Å²) >= 11 is 2.05. The van der Waals surface area contributed by atoms with Gasteiger partial charge in [-0.3, -0.25) is 4.79 Å². The van der Waals surface area contributed by atoms with Crippen molar-refractivity contribution in [1.82, 2.24) is 4.98 Å². The molecule has 0 saturated carbocycles. The summed E-state index contributed by atoms with van der Waals surface area (Å²) in [6.07, 6.45) is 1.74. The highest BCUT2D eigenvalue weighted by Gasteiger charge is 2.00. The summed E-state index contributed by atoms with van der Waals surface area (Å²) in [6.45, 7) is 3.93. The highest BCUT2D eigenvalue weighted by atomic mass is 127. The van der Waals surface area contributed by atoms with Gasteiger partial charge in [-0.2, -0.15) is 0 Å². The topological polar surface area (TPSA) is 32.9 Å². The molecule has 0 aromatic carbocycles. The van der Waals surface area contributed by atoms with E-state index in [0.717, 1.165) is 14.7 Å². The average molecular weight is 249 g/mol. The molecule has 1 aromatic rings. The Balaban J connectivity index is 3.49. The Morgan fingerprint density at radius 1 is 1.50 bits per heavy atom. The van der Waals surface area contributed by atoms with E-state index in [1.165, 1.54) is 0 Å². The predicted octanol–water partition coefficient (Wildman–Crippen LogP) is 1.60. The van der Waals surface area contributed by atoms with Crippen molar-refractivity contribution in [3.05, 3.63) is 31.2 Å². The number of hydrogen-bond donors (Lipinski definition) is 1. The maximum atomic E-state index is 10.9. The summed E-state index contributed by atoms with van der Waals surface area (Å²) in [4.78, 5) is 13.6. The van der Waals surface area contributed by atoms with Crippen LogP contribution in [-0.4, -0.2) is 4.98 Å². The largest absolute Gasteiger partial charge is 0.328 e. The van der Waals surface area contributed by atoms with E-state index in [2.05, 4.69) is 27.6 Å². The Bertz CT molecular complexity index is 303. The van der Waals surface area contributed by atoms with Crippen molar-refractivity contribution >= 4 is 22.6 Å². The van der Waals surface area contributed by atoms with E-state index in [1.54, 1.807) is 6.20 Å². The molecular weight excluding hydrogens is 241 g/mol. The lowest BCUT2D eigenvalue weighted by molar-refractivity contribution is 1.13. The fourth-order valence-corrected chi connectivity index (χ4v) is 1.27. The third kappa shape index (κ3) is 1.23. The van der Waals surface area contributed by atoms with Crippen LogP contribution in [0, 0.1) is 17.4 Å². The number of rotatable bonds is 0. The maximum absolute atomic E-state index is 10.9. The molecule has 0 aliphatic carbocycles. The molecule has 0 aliphatic rings. The molecule has 0 radical (unpaired) electrons. The van der Waals surface area contributed by atoms with E-state index >= 15 is 0 Å². The van der Waals surface area contributed by atoms with Crippen LogP contribution in [0.3, 0.4) is 0 Å². The van der Waals surface area contributed by atoms with Crippen molar-refractivity contribution in [3.63, 3.8) is 0 Å². The van der Waals surface area contributed by atoms with Crippen LogP contribution >= 0.6 is 22.6 Å². The molecule has 0 saturated heterocycles. The van der Waals surface area contributed by atoms with E-state index in [4.69, 9.17) is 0 Å². The quantitative estimate of drug-likeness (QED) is 0.696. The van der Waals surface area contributed by atoms with Gasteiger partial charge in [0.2, 0.25) is 0 Å². The van der Waals surface area contributed by atoms with Crippen LogP contribution in [0.15, 0.2) is 11.0 Å². The Kier molecular flexibility index (Phi) is 2.13. The number of aromatic nitrogens is 1. The second kappa shape index (κ2) is 2.74. The molecule has 54 valence electrons. The molecule has 0 aliphatic heterocycles. The molecule has 0 unspecified atom stereocenters. The van der Waals surface area contributed by atoms with E-state index in [0.29, 0.717) is 0 Å². The van der Waals surface area contributed by atoms with Crippen LogP contribution in [0.2, 0.25) is 0 Å². The Morgan fingerprint density at radius 3 is 2.60 bits per heavy atom. The summed E-state index contributed by atoms with van der Waals surface area (Å²) in [5, 5.41) is 0. The molecule has 0 spiro atoms. The lowest BCUT2D eigenvalue weighted by Gasteiger charge is -1.98. The number of aryl methyl sites for hydroxylation is 1. The first-order chi connectivity index (χ1) is 4.63. The molecule has 0 fully saturated rings. The van der Waals surface area contributed by atoms with Crippen LogP contribution in [0.4, 0.5) is 0 Å². The van der Waals surface area contributed by atoms with E-state index < -0.39 is 0 Å². The van der Waals surface area contributed by atoms with Gasteiger partial charge in [0, 0.05) is 6.20 Å². The third-order valence-electron chi connectivity index (χ3n) is 1.54. The van der Waals surface area contributed by atoms with Gasteiger partial charge in [0.15, 0.2) is 0 Å². The predicted molar refractivity (Wildman–Crippen MR) is 49.3 cm³/mol. The summed E-state index contributed by atoms with van der Waals surface area (Å²) in [7, 11) is 0. The van der Waals surface area contributed by atoms with Gasteiger partial charge in [-0.25, -0.2) is 0 Å².